The van der Waals surface area contributed by atoms with Crippen molar-refractivity contribution in [2.24, 2.45) is 0 Å². The van der Waals surface area contributed by atoms with Crippen LogP contribution in [0.25, 0.3) is 0 Å². The van der Waals surface area contributed by atoms with Gasteiger partial charge in [-0.3, -0.25) is 0 Å². The zero-order valence-electron chi connectivity index (χ0n) is 8.47. The molecule has 0 radical (unpaired) electrons. The maximum atomic E-state index is 13.2. The number of methoxy groups -OCH3 is 1. The van der Waals surface area contributed by atoms with Crippen molar-refractivity contribution in [2.75, 3.05) is 12.4 Å². The van der Waals surface area contributed by atoms with E-state index in [9.17, 15) is 8.78 Å². The van der Waals surface area contributed by atoms with Gasteiger partial charge in [0, 0.05) is 13.2 Å². The summed E-state index contributed by atoms with van der Waals surface area (Å²) in [5.41, 5.74) is -0.0305. The first-order valence-corrected chi connectivity index (χ1v) is 4.94. The van der Waals surface area contributed by atoms with Gasteiger partial charge in [-0.25, -0.2) is 8.78 Å². The van der Waals surface area contributed by atoms with Crippen LogP contribution >= 0.6 is 0 Å². The second kappa shape index (κ2) is 4.14. The molecular weight excluding hydrogens is 200 g/mol. The molecular formula is C11H13F2NO. The molecule has 82 valence electrons. The summed E-state index contributed by atoms with van der Waals surface area (Å²) in [5, 5.41) is 2.85. The molecule has 1 fully saturated rings. The summed E-state index contributed by atoms with van der Waals surface area (Å²) >= 11 is 0. The fourth-order valence-corrected chi connectivity index (χ4v) is 1.72. The Morgan fingerprint density at radius 2 is 1.87 bits per heavy atom. The molecule has 0 amide bonds. The summed E-state index contributed by atoms with van der Waals surface area (Å²) in [7, 11) is 1.64. The van der Waals surface area contributed by atoms with E-state index < -0.39 is 11.6 Å². The Bertz CT molecular complexity index is 330. The lowest BCUT2D eigenvalue weighted by molar-refractivity contribution is 0.0327. The number of benzene rings is 1. The van der Waals surface area contributed by atoms with Crippen LogP contribution in [0, 0.1) is 11.6 Å². The molecule has 1 aliphatic rings. The first kappa shape index (κ1) is 10.4. The molecule has 1 saturated carbocycles. The van der Waals surface area contributed by atoms with Crippen molar-refractivity contribution in [3.63, 3.8) is 0 Å². The van der Waals surface area contributed by atoms with E-state index >= 15 is 0 Å². The smallest absolute Gasteiger partial charge is 0.149 e. The van der Waals surface area contributed by atoms with Crippen LogP contribution in [-0.4, -0.2) is 19.3 Å². The van der Waals surface area contributed by atoms with E-state index in [1.54, 1.807) is 7.11 Å². The van der Waals surface area contributed by atoms with Crippen LogP contribution in [0.3, 0.4) is 0 Å². The molecule has 0 unspecified atom stereocenters. The van der Waals surface area contributed by atoms with E-state index in [2.05, 4.69) is 5.32 Å². The zero-order valence-corrected chi connectivity index (χ0v) is 8.47. The van der Waals surface area contributed by atoms with Gasteiger partial charge in [0.25, 0.3) is 0 Å². The maximum absolute atomic E-state index is 13.2. The lowest BCUT2D eigenvalue weighted by Crippen LogP contribution is -2.40. The number of rotatable bonds is 3. The molecule has 1 N–H and O–H groups in total. The van der Waals surface area contributed by atoms with Gasteiger partial charge in [0.05, 0.1) is 6.10 Å². The topological polar surface area (TPSA) is 21.3 Å². The molecule has 1 aliphatic carbocycles. The molecule has 1 aromatic rings. The van der Waals surface area contributed by atoms with E-state index in [1.165, 1.54) is 18.2 Å². The highest BCUT2D eigenvalue weighted by Gasteiger charge is 2.29. The van der Waals surface area contributed by atoms with Gasteiger partial charge in [-0.1, -0.05) is 6.07 Å². The first-order valence-electron chi connectivity index (χ1n) is 4.94. The highest BCUT2D eigenvalue weighted by atomic mass is 19.1. The summed E-state index contributed by atoms with van der Waals surface area (Å²) in [6.45, 7) is 0. The number of halogens is 2. The monoisotopic (exact) mass is 213 g/mol. The van der Waals surface area contributed by atoms with Crippen LogP contribution in [0.15, 0.2) is 18.2 Å². The van der Waals surface area contributed by atoms with E-state index in [-0.39, 0.29) is 17.8 Å². The Labute approximate surface area is 87.2 Å². The van der Waals surface area contributed by atoms with Gasteiger partial charge in [0.2, 0.25) is 0 Å². The third kappa shape index (κ3) is 2.09. The fourth-order valence-electron chi connectivity index (χ4n) is 1.72. The number of ether oxygens (including phenoxy) is 1. The Kier molecular flexibility index (Phi) is 2.86. The average Bonchev–Trinajstić information content (AvgIpc) is 2.14. The van der Waals surface area contributed by atoms with Crippen LogP contribution in [0.4, 0.5) is 14.5 Å². The molecule has 0 aliphatic heterocycles. The summed E-state index contributed by atoms with van der Waals surface area (Å²) in [4.78, 5) is 0. The normalized spacial score (nSPS) is 24.7. The molecule has 0 atom stereocenters. The van der Waals surface area contributed by atoms with Gasteiger partial charge >= 0.3 is 0 Å². The minimum atomic E-state index is -0.545. The van der Waals surface area contributed by atoms with Crippen LogP contribution in [-0.2, 0) is 4.74 Å². The minimum Gasteiger partial charge on any atom is -0.381 e. The number of hydrogen-bond acceptors (Lipinski definition) is 2. The predicted molar refractivity (Wildman–Crippen MR) is 53.8 cm³/mol. The summed E-state index contributed by atoms with van der Waals surface area (Å²) in [6, 6.07) is 3.96. The van der Waals surface area contributed by atoms with E-state index in [0.717, 1.165) is 12.8 Å². The number of hydrogen-bond donors (Lipinski definition) is 1. The molecule has 0 heterocycles. The second-order valence-corrected chi connectivity index (χ2v) is 3.77. The van der Waals surface area contributed by atoms with Crippen molar-refractivity contribution < 1.29 is 13.5 Å². The maximum Gasteiger partial charge on any atom is 0.149 e. The van der Waals surface area contributed by atoms with Gasteiger partial charge in [-0.2, -0.15) is 0 Å². The second-order valence-electron chi connectivity index (χ2n) is 3.77. The summed E-state index contributed by atoms with van der Waals surface area (Å²) in [6.07, 6.45) is 1.81. The van der Waals surface area contributed by atoms with Gasteiger partial charge in [0.15, 0.2) is 0 Å². The Morgan fingerprint density at radius 3 is 2.40 bits per heavy atom. The van der Waals surface area contributed by atoms with Gasteiger partial charge < -0.3 is 10.1 Å². The predicted octanol–water partition coefficient (Wildman–Crippen LogP) is 2.55. The third-order valence-electron chi connectivity index (χ3n) is 2.74. The van der Waals surface area contributed by atoms with Gasteiger partial charge in [-0.05, 0) is 25.0 Å². The number of anilines is 1. The van der Waals surface area contributed by atoms with Gasteiger partial charge in [-0.15, -0.1) is 0 Å². The third-order valence-corrected chi connectivity index (χ3v) is 2.74. The van der Waals surface area contributed by atoms with E-state index in [1.807, 2.05) is 0 Å². The van der Waals surface area contributed by atoms with E-state index in [0.29, 0.717) is 0 Å². The van der Waals surface area contributed by atoms with Gasteiger partial charge in [0.1, 0.15) is 17.3 Å². The van der Waals surface area contributed by atoms with E-state index in [4.69, 9.17) is 4.74 Å². The van der Waals surface area contributed by atoms with Crippen molar-refractivity contribution in [3.05, 3.63) is 29.8 Å². The molecule has 2 rings (SSSR count). The lowest BCUT2D eigenvalue weighted by atomic mass is 9.89. The first-order chi connectivity index (χ1) is 7.20. The molecule has 4 heteroatoms. The quantitative estimate of drug-likeness (QED) is 0.833. The Hall–Kier alpha value is -1.16. The van der Waals surface area contributed by atoms with Crippen molar-refractivity contribution >= 4 is 5.69 Å². The highest BCUT2D eigenvalue weighted by molar-refractivity contribution is 5.47. The molecule has 0 saturated heterocycles. The van der Waals surface area contributed by atoms with Crippen LogP contribution in [0.1, 0.15) is 12.8 Å². The molecule has 1 aromatic carbocycles. The van der Waals surface area contributed by atoms with Crippen molar-refractivity contribution in [1.82, 2.24) is 0 Å². The molecule has 2 nitrogen and oxygen atoms in total. The average molecular weight is 213 g/mol. The number of nitrogens with one attached hydrogen (secondary N) is 1. The van der Waals surface area contributed by atoms with Crippen LogP contribution in [0.5, 0.6) is 0 Å². The zero-order chi connectivity index (χ0) is 10.8. The standard InChI is InChI=1S/C11H13F2NO/c1-15-8-5-7(6-8)14-11-9(12)3-2-4-10(11)13/h2-4,7-8,14H,5-6H2,1H3. The molecule has 0 bridgehead atoms. The molecule has 0 spiro atoms. The lowest BCUT2D eigenvalue weighted by Gasteiger charge is -2.35. The SMILES string of the molecule is COC1CC(Nc2c(F)cccc2F)C1. The summed E-state index contributed by atoms with van der Waals surface area (Å²) in [5.74, 6) is -1.09. The molecule has 0 aromatic heterocycles. The van der Waals surface area contributed by atoms with Crippen molar-refractivity contribution in [3.8, 4) is 0 Å². The van der Waals surface area contributed by atoms with Crippen LogP contribution in [0.2, 0.25) is 0 Å². The largest absolute Gasteiger partial charge is 0.381 e. The minimum absolute atomic E-state index is 0.0305. The summed E-state index contributed by atoms with van der Waals surface area (Å²) < 4.78 is 31.5. The number of para-hydroxylation sites is 1. The fraction of sp³-hybridized carbons (Fsp3) is 0.455. The molecule has 15 heavy (non-hydrogen) atoms. The van der Waals surface area contributed by atoms with Crippen molar-refractivity contribution in [1.29, 1.82) is 0 Å². The van der Waals surface area contributed by atoms with Crippen LogP contribution < -0.4 is 5.32 Å². The van der Waals surface area contributed by atoms with Crippen molar-refractivity contribution in [2.45, 2.75) is 25.0 Å². The Balaban J connectivity index is 2.00. The highest BCUT2D eigenvalue weighted by Crippen LogP contribution is 2.28. The Morgan fingerprint density at radius 1 is 1.27 bits per heavy atom.